The fraction of sp³-hybridized carbons (Fsp3) is 1.00. The van der Waals surface area contributed by atoms with E-state index in [0.29, 0.717) is 0 Å². The molecule has 0 amide bonds. The Morgan fingerprint density at radius 3 is 1.14 bits per heavy atom. The molecule has 0 N–H and O–H groups in total. The van der Waals surface area contributed by atoms with Crippen LogP contribution in [-0.2, 0) is 10.1 Å². The van der Waals surface area contributed by atoms with Crippen LogP contribution in [0.1, 0.15) is 12.8 Å². The minimum absolute atomic E-state index is 0. The maximum atomic E-state index is 13.1. The maximum Gasteiger partial charge on any atom is 1.00 e. The van der Waals surface area contributed by atoms with Crippen LogP contribution in [-0.4, -0.2) is 54.0 Å². The molecule has 0 rings (SSSR count). The predicted octanol–water partition coefficient (Wildman–Crippen LogP) is 1.65. The van der Waals surface area contributed by atoms with E-state index in [2.05, 4.69) is 0 Å². The van der Waals surface area contributed by atoms with Crippen LogP contribution in [0.4, 0.5) is 65.9 Å². The minimum Gasteiger partial charge on any atom is -0.743 e. The monoisotopic (exact) mass is 500 g/mol. The van der Waals surface area contributed by atoms with Crippen molar-refractivity contribution in [2.45, 2.75) is 53.9 Å². The van der Waals surface area contributed by atoms with E-state index in [1.165, 1.54) is 0 Å². The maximum absolute atomic E-state index is 13.1. The van der Waals surface area contributed by atoms with Crippen molar-refractivity contribution in [3.63, 3.8) is 0 Å². The number of rotatable bonds is 8. The van der Waals surface area contributed by atoms with E-state index in [-0.39, 0.29) is 29.6 Å². The fourth-order valence-corrected chi connectivity index (χ4v) is 1.86. The van der Waals surface area contributed by atoms with Gasteiger partial charge < -0.3 is 4.55 Å². The van der Waals surface area contributed by atoms with E-state index < -0.39 is 64.0 Å². The van der Waals surface area contributed by atoms with Crippen molar-refractivity contribution in [1.29, 1.82) is 0 Å². The minimum atomic E-state index is -8.36. The van der Waals surface area contributed by atoms with Crippen molar-refractivity contribution in [3.8, 4) is 0 Å². The third-order valence-corrected chi connectivity index (χ3v) is 3.93. The smallest absolute Gasteiger partial charge is 0.743 e. The summed E-state index contributed by atoms with van der Waals surface area (Å²) < 4.78 is 221. The van der Waals surface area contributed by atoms with Crippen LogP contribution < -0.4 is 29.6 Å². The van der Waals surface area contributed by atoms with E-state index >= 15 is 0 Å². The molecule has 0 bridgehead atoms. The summed E-state index contributed by atoms with van der Waals surface area (Å²) in [5.74, 6) is -39.5. The Morgan fingerprint density at radius 1 is 0.552 bits per heavy atom. The summed E-state index contributed by atoms with van der Waals surface area (Å²) in [6, 6.07) is 0. The molecule has 0 aliphatic carbocycles. The number of halogens is 15. The van der Waals surface area contributed by atoms with Crippen LogP contribution in [0.2, 0.25) is 0 Å². The molecule has 0 aromatic carbocycles. The second kappa shape index (κ2) is 8.09. The van der Waals surface area contributed by atoms with Gasteiger partial charge >= 0.3 is 70.6 Å². The quantitative estimate of drug-likeness (QED) is 0.290. The average Bonchev–Trinajstić information content (AvgIpc) is 2.42. The van der Waals surface area contributed by atoms with Crippen LogP contribution in [0.25, 0.3) is 0 Å². The van der Waals surface area contributed by atoms with Crippen molar-refractivity contribution in [3.05, 3.63) is 0 Å². The van der Waals surface area contributed by atoms with E-state index in [0.717, 1.165) is 0 Å². The SMILES string of the molecule is O=S(=O)([O-])C(F)(F)C(F)(F)C(F)(F)C(F)(F)C(F)(F)C(F)(F)CCC(F)(F)F.[Na+]. The summed E-state index contributed by atoms with van der Waals surface area (Å²) in [6.07, 6.45) is -12.1. The average molecular weight is 500 g/mol. The zero-order chi connectivity index (χ0) is 23.4. The first kappa shape index (κ1) is 31.0. The molecular weight excluding hydrogens is 496 g/mol. The van der Waals surface area contributed by atoms with Crippen LogP contribution >= 0.6 is 0 Å². The molecule has 170 valence electrons. The molecule has 29 heavy (non-hydrogen) atoms. The first-order valence-electron chi connectivity index (χ1n) is 6.00. The summed E-state index contributed by atoms with van der Waals surface area (Å²) in [6.45, 7) is 0. The molecule has 0 heterocycles. The van der Waals surface area contributed by atoms with Gasteiger partial charge in [-0.2, -0.15) is 65.9 Å². The second-order valence-corrected chi connectivity index (χ2v) is 6.51. The molecule has 3 nitrogen and oxygen atoms in total. The number of alkyl halides is 15. The van der Waals surface area contributed by atoms with Gasteiger partial charge in [-0.15, -0.1) is 0 Å². The number of hydrogen-bond acceptors (Lipinski definition) is 3. The summed E-state index contributed by atoms with van der Waals surface area (Å²) >= 11 is 0. The Bertz CT molecular complexity index is 684. The fourth-order valence-electron chi connectivity index (χ4n) is 1.42. The van der Waals surface area contributed by atoms with Gasteiger partial charge in [0, 0.05) is 12.8 Å². The van der Waals surface area contributed by atoms with E-state index in [9.17, 15) is 78.8 Å². The van der Waals surface area contributed by atoms with Gasteiger partial charge in [0.2, 0.25) is 0 Å². The Morgan fingerprint density at radius 2 is 0.862 bits per heavy atom. The van der Waals surface area contributed by atoms with Gasteiger partial charge in [0.15, 0.2) is 10.1 Å². The predicted molar refractivity (Wildman–Crippen MR) is 54.7 cm³/mol. The van der Waals surface area contributed by atoms with Crippen molar-refractivity contribution in [1.82, 2.24) is 0 Å². The summed E-state index contributed by atoms with van der Waals surface area (Å²) in [7, 11) is -7.94. The first-order chi connectivity index (χ1) is 11.7. The van der Waals surface area contributed by atoms with Gasteiger partial charge in [-0.25, -0.2) is 8.42 Å². The molecule has 0 saturated carbocycles. The van der Waals surface area contributed by atoms with E-state index in [4.69, 9.17) is 0 Å². The Kier molecular flexibility index (Phi) is 8.66. The normalized spacial score (nSPS) is 15.9. The molecule has 0 saturated heterocycles. The molecule has 0 aliphatic heterocycles. The molecule has 0 aliphatic rings. The zero-order valence-electron chi connectivity index (χ0n) is 13.2. The summed E-state index contributed by atoms with van der Waals surface area (Å²) in [4.78, 5) is 0. The molecule has 0 aromatic heterocycles. The number of hydrogen-bond donors (Lipinski definition) is 0. The van der Waals surface area contributed by atoms with Crippen LogP contribution in [0.15, 0.2) is 0 Å². The Hall–Kier alpha value is -0.140. The van der Waals surface area contributed by atoms with Crippen LogP contribution in [0.5, 0.6) is 0 Å². The van der Waals surface area contributed by atoms with Gasteiger partial charge in [0.1, 0.15) is 0 Å². The van der Waals surface area contributed by atoms with Crippen LogP contribution in [0.3, 0.4) is 0 Å². The van der Waals surface area contributed by atoms with Gasteiger partial charge in [0.25, 0.3) is 0 Å². The molecular formula is C9H4F15NaO3S. The molecule has 0 radical (unpaired) electrons. The van der Waals surface area contributed by atoms with Crippen molar-refractivity contribution in [2.75, 3.05) is 0 Å². The largest absolute Gasteiger partial charge is 1.00 e. The molecule has 0 unspecified atom stereocenters. The molecule has 0 spiro atoms. The molecule has 0 aromatic rings. The first-order valence-corrected chi connectivity index (χ1v) is 7.40. The zero-order valence-corrected chi connectivity index (χ0v) is 16.0. The van der Waals surface area contributed by atoms with E-state index in [1.54, 1.807) is 0 Å². The molecule has 0 fully saturated rings. The van der Waals surface area contributed by atoms with Crippen LogP contribution in [0, 0.1) is 0 Å². The van der Waals surface area contributed by atoms with Gasteiger partial charge in [-0.05, 0) is 0 Å². The Balaban J connectivity index is 0. The Labute approximate surface area is 172 Å². The molecule has 0 atom stereocenters. The summed E-state index contributed by atoms with van der Waals surface area (Å²) in [5, 5.41) is -7.70. The molecule has 20 heteroatoms. The van der Waals surface area contributed by atoms with E-state index in [1.807, 2.05) is 0 Å². The standard InChI is InChI=1S/C9H5F15O3S.Na/c10-3(11,1-2-4(12,13)14)5(15,16)6(17,18)7(19,20)8(21,22)9(23,24)28(25,26)27;/h1-2H2,(H,25,26,27);/q;+1/p-1. The third kappa shape index (κ3) is 5.03. The van der Waals surface area contributed by atoms with Crippen molar-refractivity contribution < 1.29 is 108 Å². The summed E-state index contributed by atoms with van der Waals surface area (Å²) in [5.41, 5.74) is 0. The van der Waals surface area contributed by atoms with Crippen molar-refractivity contribution >= 4 is 10.1 Å². The second-order valence-electron chi connectivity index (χ2n) is 5.09. The van der Waals surface area contributed by atoms with Crippen molar-refractivity contribution in [2.24, 2.45) is 0 Å². The third-order valence-electron chi connectivity index (χ3n) is 3.04. The topological polar surface area (TPSA) is 57.2 Å². The van der Waals surface area contributed by atoms with Gasteiger partial charge in [0.05, 0.1) is 0 Å². The van der Waals surface area contributed by atoms with Gasteiger partial charge in [-0.1, -0.05) is 0 Å². The van der Waals surface area contributed by atoms with Gasteiger partial charge in [-0.3, -0.25) is 0 Å².